The molecule has 2 unspecified atom stereocenters. The fraction of sp³-hybridized carbons (Fsp3) is 0.500. The van der Waals surface area contributed by atoms with E-state index in [1.54, 1.807) is 6.92 Å². The van der Waals surface area contributed by atoms with Crippen molar-refractivity contribution < 1.29 is 35.3 Å². The largest absolute Gasteiger partial charge is 0.607 e. The third kappa shape index (κ3) is 4.07. The average molecular weight is 572 g/mol. The average Bonchev–Trinajstić information content (AvgIpc) is 2.43. The lowest BCUT2D eigenvalue weighted by molar-refractivity contribution is -0.332. The molecule has 0 aliphatic rings. The molecule has 2 atom stereocenters. The molecule has 0 saturated heterocycles. The zero-order valence-electron chi connectivity index (χ0n) is 11.5. The highest BCUT2D eigenvalue weighted by molar-refractivity contribution is 9.11. The van der Waals surface area contributed by atoms with E-state index in [-0.39, 0.29) is 20.9 Å². The van der Waals surface area contributed by atoms with Gasteiger partial charge in [0.15, 0.2) is 4.90 Å². The summed E-state index contributed by atoms with van der Waals surface area (Å²) >= 11 is 4.92. The molecule has 0 heterocycles. The van der Waals surface area contributed by atoms with Crippen LogP contribution in [0.2, 0.25) is 0 Å². The lowest BCUT2D eigenvalue weighted by atomic mass is 10.1. The summed E-state index contributed by atoms with van der Waals surface area (Å²) in [7, 11) is 0. The molecule has 137 valence electrons. The SMILES string of the molecule is CCC(Br)c1c(Br)[c]c(Br)cc1[S+]([O-])C(F)(F)C(F)(F)C(F)(F)F. The maximum absolute atomic E-state index is 13.8. The van der Waals surface area contributed by atoms with E-state index < -0.39 is 38.3 Å². The third-order valence-corrected chi connectivity index (χ3v) is 6.43. The van der Waals surface area contributed by atoms with Crippen LogP contribution in [0.4, 0.5) is 30.7 Å². The lowest BCUT2D eigenvalue weighted by Gasteiger charge is -2.29. The summed E-state index contributed by atoms with van der Waals surface area (Å²) in [5, 5.41) is -5.86. The molecule has 0 spiro atoms. The van der Waals surface area contributed by atoms with Crippen molar-refractivity contribution in [2.45, 2.75) is 40.4 Å². The van der Waals surface area contributed by atoms with Gasteiger partial charge in [-0.15, -0.1) is 8.78 Å². The minimum atomic E-state index is -6.56. The van der Waals surface area contributed by atoms with Crippen LogP contribution in [-0.4, -0.2) is 21.9 Å². The molecule has 1 radical (unpaired) electrons. The van der Waals surface area contributed by atoms with Crippen molar-refractivity contribution in [1.29, 1.82) is 0 Å². The summed E-state index contributed by atoms with van der Waals surface area (Å²) in [6, 6.07) is 3.36. The highest BCUT2D eigenvalue weighted by atomic mass is 79.9. The van der Waals surface area contributed by atoms with Crippen LogP contribution in [0.15, 0.2) is 19.9 Å². The summed E-state index contributed by atoms with van der Waals surface area (Å²) in [5.41, 5.74) is -0.142. The van der Waals surface area contributed by atoms with Crippen LogP contribution in [-0.2, 0) is 11.2 Å². The van der Waals surface area contributed by atoms with Crippen LogP contribution in [0.3, 0.4) is 0 Å². The van der Waals surface area contributed by atoms with Gasteiger partial charge < -0.3 is 4.55 Å². The summed E-state index contributed by atoms with van der Waals surface area (Å²) in [6.07, 6.45) is -6.29. The Kier molecular flexibility index (Phi) is 7.14. The zero-order chi connectivity index (χ0) is 19.1. The molecule has 0 aliphatic heterocycles. The molecule has 1 aromatic carbocycles. The smallest absolute Gasteiger partial charge is 0.486 e. The van der Waals surface area contributed by atoms with Gasteiger partial charge in [0.1, 0.15) is 0 Å². The minimum absolute atomic E-state index is 0.00933. The van der Waals surface area contributed by atoms with Crippen molar-refractivity contribution in [2.75, 3.05) is 0 Å². The molecule has 0 saturated carbocycles. The van der Waals surface area contributed by atoms with Crippen molar-refractivity contribution in [3.8, 4) is 0 Å². The first kappa shape index (κ1) is 22.5. The fourth-order valence-electron chi connectivity index (χ4n) is 1.58. The van der Waals surface area contributed by atoms with Gasteiger partial charge in [0.25, 0.3) is 0 Å². The zero-order valence-corrected chi connectivity index (χ0v) is 17.0. The van der Waals surface area contributed by atoms with Crippen molar-refractivity contribution in [3.05, 3.63) is 26.6 Å². The Hall–Kier alpha value is 0.480. The van der Waals surface area contributed by atoms with Crippen LogP contribution in [0, 0.1) is 6.07 Å². The Morgan fingerprint density at radius 3 is 2.08 bits per heavy atom. The van der Waals surface area contributed by atoms with Crippen LogP contribution in [0.1, 0.15) is 23.7 Å². The van der Waals surface area contributed by atoms with Gasteiger partial charge in [-0.3, -0.25) is 0 Å². The predicted octanol–water partition coefficient (Wildman–Crippen LogP) is 6.76. The van der Waals surface area contributed by atoms with E-state index in [9.17, 15) is 35.3 Å². The van der Waals surface area contributed by atoms with Gasteiger partial charge in [0.05, 0.1) is 11.2 Å². The van der Waals surface area contributed by atoms with Gasteiger partial charge >= 0.3 is 17.4 Å². The highest BCUT2D eigenvalue weighted by Crippen LogP contribution is 2.52. The fourth-order valence-corrected chi connectivity index (χ4v) is 5.49. The Labute approximate surface area is 160 Å². The molecule has 1 nitrogen and oxygen atoms in total. The molecule has 0 N–H and O–H groups in total. The Morgan fingerprint density at radius 2 is 1.67 bits per heavy atom. The summed E-state index contributed by atoms with van der Waals surface area (Å²) in [5.74, 6) is -6.46. The third-order valence-electron chi connectivity index (χ3n) is 2.81. The van der Waals surface area contributed by atoms with E-state index in [0.717, 1.165) is 6.07 Å². The second-order valence-corrected chi connectivity index (χ2v) is 8.69. The van der Waals surface area contributed by atoms with E-state index >= 15 is 0 Å². The first-order chi connectivity index (χ1) is 10.7. The molecule has 0 bridgehead atoms. The second-order valence-electron chi connectivity index (χ2n) is 4.44. The molecule has 1 aromatic rings. The molecule has 1 rings (SSSR count). The van der Waals surface area contributed by atoms with E-state index in [2.05, 4.69) is 53.9 Å². The molecule has 0 aromatic heterocycles. The van der Waals surface area contributed by atoms with Gasteiger partial charge in [0, 0.05) is 31.5 Å². The molecule has 24 heavy (non-hydrogen) atoms. The maximum atomic E-state index is 13.8. The van der Waals surface area contributed by atoms with Crippen LogP contribution >= 0.6 is 47.8 Å². The monoisotopic (exact) mass is 569 g/mol. The highest BCUT2D eigenvalue weighted by Gasteiger charge is 2.80. The van der Waals surface area contributed by atoms with Gasteiger partial charge in [-0.05, 0) is 38.3 Å². The van der Waals surface area contributed by atoms with Crippen molar-refractivity contribution in [3.63, 3.8) is 0 Å². The first-order valence-electron chi connectivity index (χ1n) is 5.98. The molecule has 12 heteroatoms. The molecule has 0 aliphatic carbocycles. The Bertz CT molecular complexity index is 609. The van der Waals surface area contributed by atoms with Crippen LogP contribution in [0.5, 0.6) is 0 Å². The van der Waals surface area contributed by atoms with Gasteiger partial charge in [-0.2, -0.15) is 22.0 Å². The maximum Gasteiger partial charge on any atom is 0.486 e. The van der Waals surface area contributed by atoms with E-state index in [4.69, 9.17) is 0 Å². The number of rotatable bonds is 5. The lowest BCUT2D eigenvalue weighted by Crippen LogP contribution is -2.56. The summed E-state index contributed by atoms with van der Waals surface area (Å²) in [6.45, 7) is 1.60. The van der Waals surface area contributed by atoms with E-state index in [1.165, 1.54) is 0 Å². The van der Waals surface area contributed by atoms with Crippen molar-refractivity contribution >= 4 is 59.0 Å². The number of halogens is 10. The van der Waals surface area contributed by atoms with E-state index in [1.807, 2.05) is 0 Å². The number of alkyl halides is 8. The number of benzene rings is 1. The minimum Gasteiger partial charge on any atom is -0.607 e. The van der Waals surface area contributed by atoms with E-state index in [0.29, 0.717) is 0 Å². The van der Waals surface area contributed by atoms with Gasteiger partial charge in [-0.25, -0.2) is 0 Å². The quantitative estimate of drug-likeness (QED) is 0.218. The Balaban J connectivity index is 3.56. The van der Waals surface area contributed by atoms with Gasteiger partial charge in [0.2, 0.25) is 0 Å². The molecule has 0 fully saturated rings. The normalized spacial score (nSPS) is 16.2. The van der Waals surface area contributed by atoms with Gasteiger partial charge in [-0.1, -0.05) is 22.9 Å². The molecular formula is C12H7Br3F7OS. The Morgan fingerprint density at radius 1 is 1.17 bits per heavy atom. The van der Waals surface area contributed by atoms with Crippen molar-refractivity contribution in [1.82, 2.24) is 0 Å². The van der Waals surface area contributed by atoms with Crippen LogP contribution < -0.4 is 0 Å². The predicted molar refractivity (Wildman–Crippen MR) is 85.0 cm³/mol. The first-order valence-corrected chi connectivity index (χ1v) is 9.63. The molecule has 0 amide bonds. The summed E-state index contributed by atoms with van der Waals surface area (Å²) in [4.78, 5) is -1.57. The summed E-state index contributed by atoms with van der Waals surface area (Å²) < 4.78 is 103. The topological polar surface area (TPSA) is 23.1 Å². The standard InChI is InChI=1S/C12H7Br3F7OS/c1-2-6(14)9-7(15)3-5(13)4-8(9)24(23)12(21,22)10(16,17)11(18,19)20/h4,6H,2H2,1H3. The molecular weight excluding hydrogens is 565 g/mol. The van der Waals surface area contributed by atoms with Crippen molar-refractivity contribution in [2.24, 2.45) is 0 Å². The number of hydrogen-bond acceptors (Lipinski definition) is 1. The van der Waals surface area contributed by atoms with Crippen LogP contribution in [0.25, 0.3) is 0 Å². The number of hydrogen-bond donors (Lipinski definition) is 0. The second kappa shape index (κ2) is 7.61.